The number of halogens is 2. The maximum absolute atomic E-state index is 13.5. The summed E-state index contributed by atoms with van der Waals surface area (Å²) in [6, 6.07) is 3.22. The Morgan fingerprint density at radius 3 is 2.25 bits per heavy atom. The van der Waals surface area contributed by atoms with Crippen LogP contribution in [0.2, 0.25) is 0 Å². The number of hydrogen-bond donors (Lipinski definition) is 2. The van der Waals surface area contributed by atoms with Gasteiger partial charge in [-0.05, 0) is 31.9 Å². The molecule has 0 aromatic heterocycles. The highest BCUT2D eigenvalue weighted by Crippen LogP contribution is 2.17. The van der Waals surface area contributed by atoms with Gasteiger partial charge in [0.25, 0.3) is 0 Å². The summed E-state index contributed by atoms with van der Waals surface area (Å²) in [7, 11) is 0. The summed E-state index contributed by atoms with van der Waals surface area (Å²) >= 11 is 0. The molecule has 2 amide bonds. The number of nitrogens with one attached hydrogen (secondary N) is 1. The number of likely N-dealkylation sites (N-methyl/N-ethyl adjacent to an activating group) is 1. The lowest BCUT2D eigenvalue weighted by atomic mass is 10.2. The van der Waals surface area contributed by atoms with Crippen molar-refractivity contribution in [1.29, 1.82) is 0 Å². The van der Waals surface area contributed by atoms with Gasteiger partial charge in [0.15, 0.2) is 0 Å². The van der Waals surface area contributed by atoms with Crippen LogP contribution in [0.15, 0.2) is 18.2 Å². The molecule has 0 saturated carbocycles. The molecule has 0 aliphatic rings. The summed E-state index contributed by atoms with van der Waals surface area (Å²) in [4.78, 5) is 35.5. The first-order valence-corrected chi connectivity index (χ1v) is 7.58. The molecule has 0 spiro atoms. The number of aliphatic carboxylic acids is 1. The zero-order chi connectivity index (χ0) is 18.1. The Kier molecular flexibility index (Phi) is 7.81. The average Bonchev–Trinajstić information content (AvgIpc) is 2.52. The second-order valence-corrected chi connectivity index (χ2v) is 5.15. The molecule has 0 radical (unpaired) electrons. The molecule has 0 saturated heterocycles. The van der Waals surface area contributed by atoms with Crippen molar-refractivity contribution in [2.45, 2.75) is 32.6 Å². The molecule has 1 rings (SSSR count). The van der Waals surface area contributed by atoms with Gasteiger partial charge in [-0.25, -0.2) is 8.78 Å². The zero-order valence-corrected chi connectivity index (χ0v) is 13.3. The minimum Gasteiger partial charge on any atom is -0.481 e. The zero-order valence-electron chi connectivity index (χ0n) is 13.3. The summed E-state index contributed by atoms with van der Waals surface area (Å²) in [6.45, 7) is 1.60. The van der Waals surface area contributed by atoms with Crippen molar-refractivity contribution in [3.63, 3.8) is 0 Å². The van der Waals surface area contributed by atoms with Crippen LogP contribution < -0.4 is 5.32 Å². The van der Waals surface area contributed by atoms with Gasteiger partial charge >= 0.3 is 5.97 Å². The Labute approximate surface area is 138 Å². The van der Waals surface area contributed by atoms with Gasteiger partial charge in [0, 0.05) is 19.4 Å². The molecule has 0 aliphatic heterocycles. The number of hydrogen-bond acceptors (Lipinski definition) is 3. The summed E-state index contributed by atoms with van der Waals surface area (Å²) in [5, 5.41) is 10.6. The standard InChI is InChI=1S/C16H20F2N2O4/c1-2-20(14(22)8-3-4-9-15(23)24)10-13(21)19-16-11(17)6-5-7-12(16)18/h5-7H,2-4,8-10H2,1H3,(H,19,21)(H,23,24). The number of carbonyl (C=O) groups excluding carboxylic acids is 2. The summed E-state index contributed by atoms with van der Waals surface area (Å²) in [5.41, 5.74) is -0.549. The van der Waals surface area contributed by atoms with Crippen LogP contribution in [0.1, 0.15) is 32.6 Å². The van der Waals surface area contributed by atoms with E-state index in [1.165, 1.54) is 11.0 Å². The number of amides is 2. The summed E-state index contributed by atoms with van der Waals surface area (Å²) in [5.74, 6) is -3.74. The molecule has 132 valence electrons. The fraction of sp³-hybridized carbons (Fsp3) is 0.438. The van der Waals surface area contributed by atoms with Gasteiger partial charge in [0.1, 0.15) is 17.3 Å². The second kappa shape index (κ2) is 9.59. The van der Waals surface area contributed by atoms with E-state index in [4.69, 9.17) is 5.11 Å². The van der Waals surface area contributed by atoms with Crippen LogP contribution in [0, 0.1) is 11.6 Å². The molecule has 1 aromatic rings. The van der Waals surface area contributed by atoms with E-state index in [1.807, 2.05) is 0 Å². The van der Waals surface area contributed by atoms with Gasteiger partial charge < -0.3 is 15.3 Å². The molecule has 0 unspecified atom stereocenters. The molecule has 1 aromatic carbocycles. The molecule has 0 bridgehead atoms. The van der Waals surface area contributed by atoms with E-state index in [9.17, 15) is 23.2 Å². The maximum Gasteiger partial charge on any atom is 0.303 e. The van der Waals surface area contributed by atoms with Crippen molar-refractivity contribution in [1.82, 2.24) is 4.90 Å². The van der Waals surface area contributed by atoms with Crippen LogP contribution in [-0.2, 0) is 14.4 Å². The largest absolute Gasteiger partial charge is 0.481 e. The van der Waals surface area contributed by atoms with Crippen LogP contribution in [0.5, 0.6) is 0 Å². The number of rotatable bonds is 9. The van der Waals surface area contributed by atoms with E-state index in [-0.39, 0.29) is 31.8 Å². The molecule has 24 heavy (non-hydrogen) atoms. The lowest BCUT2D eigenvalue weighted by Gasteiger charge is -2.20. The normalized spacial score (nSPS) is 10.3. The number of carboxylic acids is 1. The fourth-order valence-electron chi connectivity index (χ4n) is 2.06. The number of benzene rings is 1. The molecule has 6 nitrogen and oxygen atoms in total. The highest BCUT2D eigenvalue weighted by atomic mass is 19.1. The highest BCUT2D eigenvalue weighted by molar-refractivity contribution is 5.94. The predicted molar refractivity (Wildman–Crippen MR) is 83.3 cm³/mol. The number of nitrogens with zero attached hydrogens (tertiary/aromatic N) is 1. The smallest absolute Gasteiger partial charge is 0.303 e. The van der Waals surface area contributed by atoms with Gasteiger partial charge in [-0.3, -0.25) is 14.4 Å². The topological polar surface area (TPSA) is 86.7 Å². The number of unbranched alkanes of at least 4 members (excludes halogenated alkanes) is 1. The van der Waals surface area contributed by atoms with Gasteiger partial charge in [0.05, 0.1) is 6.54 Å². The second-order valence-electron chi connectivity index (χ2n) is 5.15. The monoisotopic (exact) mass is 342 g/mol. The quantitative estimate of drug-likeness (QED) is 0.675. The van der Waals surface area contributed by atoms with Gasteiger partial charge in [-0.2, -0.15) is 0 Å². The summed E-state index contributed by atoms with van der Waals surface area (Å²) < 4.78 is 27.0. The first kappa shape index (κ1) is 19.5. The molecule has 8 heteroatoms. The maximum atomic E-state index is 13.5. The van der Waals surface area contributed by atoms with Crippen molar-refractivity contribution in [2.75, 3.05) is 18.4 Å². The minimum absolute atomic E-state index is 0.0214. The molecule has 0 fully saturated rings. The highest BCUT2D eigenvalue weighted by Gasteiger charge is 2.17. The third kappa shape index (κ3) is 6.31. The number of anilines is 1. The lowest BCUT2D eigenvalue weighted by molar-refractivity contribution is -0.137. The van der Waals surface area contributed by atoms with Crippen LogP contribution in [0.3, 0.4) is 0 Å². The van der Waals surface area contributed by atoms with E-state index in [0.29, 0.717) is 12.8 Å². The first-order chi connectivity index (χ1) is 11.3. The van der Waals surface area contributed by atoms with Crippen LogP contribution in [0.25, 0.3) is 0 Å². The molecular formula is C16H20F2N2O4. The lowest BCUT2D eigenvalue weighted by Crippen LogP contribution is -2.38. The van der Waals surface area contributed by atoms with Gasteiger partial charge in [-0.15, -0.1) is 0 Å². The van der Waals surface area contributed by atoms with E-state index in [1.54, 1.807) is 6.92 Å². The SMILES string of the molecule is CCN(CC(=O)Nc1c(F)cccc1F)C(=O)CCCCC(=O)O. The number of carbonyl (C=O) groups is 3. The van der Waals surface area contributed by atoms with Crippen LogP contribution in [0.4, 0.5) is 14.5 Å². The van der Waals surface area contributed by atoms with E-state index in [2.05, 4.69) is 5.32 Å². The third-order valence-corrected chi connectivity index (χ3v) is 3.33. The average molecular weight is 342 g/mol. The van der Waals surface area contributed by atoms with Crippen molar-refractivity contribution < 1.29 is 28.3 Å². The Bertz CT molecular complexity index is 587. The minimum atomic E-state index is -0.930. The Morgan fingerprint density at radius 2 is 1.71 bits per heavy atom. The van der Waals surface area contributed by atoms with E-state index >= 15 is 0 Å². The molecule has 2 N–H and O–H groups in total. The van der Waals surface area contributed by atoms with Gasteiger partial charge in [-0.1, -0.05) is 6.07 Å². The molecule has 0 heterocycles. The first-order valence-electron chi connectivity index (χ1n) is 7.58. The Morgan fingerprint density at radius 1 is 1.12 bits per heavy atom. The number of carboxylic acid groups (broad SMARTS) is 1. The molecular weight excluding hydrogens is 322 g/mol. The fourth-order valence-corrected chi connectivity index (χ4v) is 2.06. The summed E-state index contributed by atoms with van der Waals surface area (Å²) in [6.07, 6.45) is 0.853. The van der Waals surface area contributed by atoms with Crippen molar-refractivity contribution in [3.8, 4) is 0 Å². The Hall–Kier alpha value is -2.51. The third-order valence-electron chi connectivity index (χ3n) is 3.33. The van der Waals surface area contributed by atoms with Crippen LogP contribution in [-0.4, -0.2) is 40.9 Å². The molecule has 0 atom stereocenters. The number of para-hydroxylation sites is 1. The van der Waals surface area contributed by atoms with Crippen LogP contribution >= 0.6 is 0 Å². The van der Waals surface area contributed by atoms with E-state index in [0.717, 1.165) is 12.1 Å². The predicted octanol–water partition coefficient (Wildman–Crippen LogP) is 2.40. The molecule has 0 aliphatic carbocycles. The van der Waals surface area contributed by atoms with Crippen molar-refractivity contribution >= 4 is 23.5 Å². The van der Waals surface area contributed by atoms with Crippen molar-refractivity contribution in [2.24, 2.45) is 0 Å². The van der Waals surface area contributed by atoms with E-state index < -0.39 is 29.2 Å². The van der Waals surface area contributed by atoms with Gasteiger partial charge in [0.2, 0.25) is 11.8 Å². The Balaban J connectivity index is 2.53. The van der Waals surface area contributed by atoms with Crippen molar-refractivity contribution in [3.05, 3.63) is 29.8 Å².